The van der Waals surface area contributed by atoms with Crippen LogP contribution in [-0.2, 0) is 101 Å². The van der Waals surface area contributed by atoms with Gasteiger partial charge >= 0.3 is 0 Å². The molecule has 0 aliphatic rings. The Balaban J connectivity index is 0.000000194. The Morgan fingerprint density at radius 2 is 0.650 bits per heavy atom. The second-order valence-corrected chi connectivity index (χ2v) is 22.7. The van der Waals surface area contributed by atoms with Crippen LogP contribution in [0.2, 0.25) is 0 Å². The third kappa shape index (κ3) is 22.6. The number of aryl methyl sites for hydroxylation is 4. The van der Waals surface area contributed by atoms with Crippen molar-refractivity contribution in [2.24, 2.45) is 0 Å². The molecule has 15 aromatic rings. The van der Waals surface area contributed by atoms with Crippen molar-refractivity contribution in [2.75, 3.05) is 0 Å². The third-order valence-corrected chi connectivity index (χ3v) is 15.8. The molecule has 5 radical (unpaired) electrons. The van der Waals surface area contributed by atoms with Gasteiger partial charge in [0.05, 0.1) is 0 Å². The first-order chi connectivity index (χ1) is 46.7. The number of nitrogens with zero attached hydrogens (tertiary/aromatic N) is 5. The van der Waals surface area contributed by atoms with Crippen molar-refractivity contribution in [1.82, 2.24) is 24.9 Å². The van der Waals surface area contributed by atoms with Crippen LogP contribution in [0, 0.1) is 65.0 Å². The van der Waals surface area contributed by atoms with E-state index in [1.54, 1.807) is 0 Å². The van der Waals surface area contributed by atoms with Crippen molar-refractivity contribution in [2.45, 2.75) is 34.6 Å². The summed E-state index contributed by atoms with van der Waals surface area (Å²) < 4.78 is 0. The van der Waals surface area contributed by atoms with E-state index in [1.165, 1.54) is 83.5 Å². The quantitative estimate of drug-likeness (QED) is 0.128. The Bertz CT molecular complexity index is 4800. The molecule has 0 N–H and O–H groups in total. The van der Waals surface area contributed by atoms with Gasteiger partial charge in [-0.1, -0.05) is 234 Å². The fraction of sp³-hybridized carbons (Fsp3) is 0.0556. The fourth-order valence-electron chi connectivity index (χ4n) is 10.8. The minimum Gasteiger partial charge on any atom is -0.305 e. The van der Waals surface area contributed by atoms with Crippen LogP contribution in [0.1, 0.15) is 27.8 Å². The molecule has 5 aromatic heterocycles. The topological polar surface area (TPSA) is 64.5 Å². The van der Waals surface area contributed by atoms with Crippen LogP contribution < -0.4 is 0 Å². The zero-order chi connectivity index (χ0) is 65.4. The molecular formula is C90H70Ir5N5-5. The molecule has 15 rings (SSSR count). The summed E-state index contributed by atoms with van der Waals surface area (Å²) in [7, 11) is 0. The van der Waals surface area contributed by atoms with Crippen LogP contribution in [0.15, 0.2) is 334 Å². The molecule has 0 fully saturated rings. The number of pyridine rings is 5. The van der Waals surface area contributed by atoms with Crippen molar-refractivity contribution >= 4 is 0 Å². The van der Waals surface area contributed by atoms with E-state index in [2.05, 4.69) is 272 Å². The summed E-state index contributed by atoms with van der Waals surface area (Å²) in [5.41, 5.74) is 28.2. The van der Waals surface area contributed by atoms with Gasteiger partial charge in [-0.2, -0.15) is 0 Å². The first-order valence-electron chi connectivity index (χ1n) is 31.7. The number of rotatable bonds is 10. The summed E-state index contributed by atoms with van der Waals surface area (Å²) in [6.45, 7) is 10.4. The van der Waals surface area contributed by atoms with Gasteiger partial charge in [0, 0.05) is 132 Å². The van der Waals surface area contributed by atoms with Crippen LogP contribution in [-0.4, -0.2) is 24.9 Å². The maximum absolute atomic E-state index is 4.45. The summed E-state index contributed by atoms with van der Waals surface area (Å²) in [6, 6.07) is 119. The molecule has 0 saturated heterocycles. The monoisotopic (exact) mass is 2190 g/mol. The zero-order valence-electron chi connectivity index (χ0n) is 55.7. The second-order valence-electron chi connectivity index (χ2n) is 22.7. The van der Waals surface area contributed by atoms with Gasteiger partial charge in [-0.3, -0.25) is 0 Å². The molecule has 0 aliphatic heterocycles. The Labute approximate surface area is 658 Å². The van der Waals surface area contributed by atoms with Gasteiger partial charge in [0.25, 0.3) is 0 Å². The smallest absolute Gasteiger partial charge is 0.0163 e. The molecule has 0 unspecified atom stereocenters. The zero-order valence-corrected chi connectivity index (χ0v) is 67.6. The normalized spacial score (nSPS) is 9.85. The van der Waals surface area contributed by atoms with Crippen LogP contribution in [0.5, 0.6) is 0 Å². The molecule has 10 aromatic carbocycles. The predicted octanol–water partition coefficient (Wildman–Crippen LogP) is 22.6. The van der Waals surface area contributed by atoms with E-state index < -0.39 is 0 Å². The van der Waals surface area contributed by atoms with Crippen molar-refractivity contribution < 1.29 is 101 Å². The van der Waals surface area contributed by atoms with E-state index in [9.17, 15) is 0 Å². The van der Waals surface area contributed by atoms with E-state index in [0.717, 1.165) is 56.3 Å². The van der Waals surface area contributed by atoms with Gasteiger partial charge in [0.1, 0.15) is 0 Å². The number of hydrogen-bond acceptors (Lipinski definition) is 5. The molecule has 0 amide bonds. The minimum atomic E-state index is 0. The summed E-state index contributed by atoms with van der Waals surface area (Å²) in [4.78, 5) is 22.1. The Morgan fingerprint density at radius 1 is 0.240 bits per heavy atom. The van der Waals surface area contributed by atoms with E-state index in [4.69, 9.17) is 0 Å². The maximum atomic E-state index is 4.45. The van der Waals surface area contributed by atoms with Gasteiger partial charge in [-0.15, -0.1) is 165 Å². The molecule has 0 aliphatic carbocycles. The molecule has 0 spiro atoms. The van der Waals surface area contributed by atoms with Crippen LogP contribution >= 0.6 is 0 Å². The average Bonchev–Trinajstić information content (AvgIpc) is 0.954. The van der Waals surface area contributed by atoms with Gasteiger partial charge in [0.2, 0.25) is 0 Å². The molecule has 5 heterocycles. The number of hydrogen-bond donors (Lipinski definition) is 0. The molecular weight excluding hydrogens is 2110 g/mol. The minimum absolute atomic E-state index is 0. The Morgan fingerprint density at radius 3 is 1.13 bits per heavy atom. The standard InChI is InChI=1S/5C18H14N.5Ir/c1-14-8-10-15(11-9-14)16-5-4-6-17(13-16)18-7-2-3-12-19-18;1-14-7-6-12-19-18(14)17-11-5-10-16(13-17)15-8-3-2-4-9-15;1-14-16(15-8-3-2-4-9-15)10-7-11-17(14)18-12-5-6-13-19-18;1-14-6-5-13-19-18(14)17-11-9-16(10-12-17)15-7-3-2-4-8-15;1-14-10-11-19-18(12-14)17-9-5-8-16(13-17)15-6-3-2-4-7-15;;;;;/h2-5,7-13H,1H3;2*2-10,12-13H,1H3;2-11,13H,1H3;2-8,10-13H,1H3;;;;;/q5*-1;;;;;. The Kier molecular flexibility index (Phi) is 33.4. The summed E-state index contributed by atoms with van der Waals surface area (Å²) >= 11 is 0. The van der Waals surface area contributed by atoms with Crippen LogP contribution in [0.3, 0.4) is 0 Å². The van der Waals surface area contributed by atoms with E-state index >= 15 is 0 Å². The first-order valence-corrected chi connectivity index (χ1v) is 31.7. The van der Waals surface area contributed by atoms with Gasteiger partial charge < -0.3 is 24.9 Å². The van der Waals surface area contributed by atoms with Crippen molar-refractivity contribution in [3.8, 4) is 112 Å². The second kappa shape index (κ2) is 41.7. The molecule has 0 atom stereocenters. The average molecular weight is 2180 g/mol. The van der Waals surface area contributed by atoms with Crippen LogP contribution in [0.4, 0.5) is 0 Å². The molecule has 0 bridgehead atoms. The van der Waals surface area contributed by atoms with Gasteiger partial charge in [0.15, 0.2) is 0 Å². The number of aromatic nitrogens is 5. The summed E-state index contributed by atoms with van der Waals surface area (Å²) in [6.07, 6.45) is 9.11. The predicted molar refractivity (Wildman–Crippen MR) is 393 cm³/mol. The maximum Gasteiger partial charge on any atom is 0.0163 e. The molecule has 5 nitrogen and oxygen atoms in total. The van der Waals surface area contributed by atoms with Crippen molar-refractivity contribution in [3.05, 3.63) is 392 Å². The van der Waals surface area contributed by atoms with Gasteiger partial charge in [-0.05, 0) is 109 Å². The van der Waals surface area contributed by atoms with E-state index in [-0.39, 0.29) is 101 Å². The molecule has 505 valence electrons. The largest absolute Gasteiger partial charge is 0.305 e. The third-order valence-electron chi connectivity index (χ3n) is 15.8. The molecule has 10 heteroatoms. The number of benzene rings is 10. The fourth-order valence-corrected chi connectivity index (χ4v) is 10.8. The van der Waals surface area contributed by atoms with E-state index in [0.29, 0.717) is 0 Å². The summed E-state index contributed by atoms with van der Waals surface area (Å²) in [5, 5.41) is 0. The first kappa shape index (κ1) is 80.2. The molecule has 0 saturated carbocycles. The van der Waals surface area contributed by atoms with Crippen molar-refractivity contribution in [1.29, 1.82) is 0 Å². The summed E-state index contributed by atoms with van der Waals surface area (Å²) in [5.74, 6) is 0. The van der Waals surface area contributed by atoms with Crippen molar-refractivity contribution in [3.63, 3.8) is 0 Å². The Hall–Kier alpha value is -8.80. The van der Waals surface area contributed by atoms with Crippen LogP contribution in [0.25, 0.3) is 112 Å². The van der Waals surface area contributed by atoms with Gasteiger partial charge in [-0.25, -0.2) is 0 Å². The van der Waals surface area contributed by atoms with E-state index in [1.807, 2.05) is 152 Å². The molecule has 100 heavy (non-hydrogen) atoms. The SMILES string of the molecule is Cc1c(-c2ccccn2)[c-]ccc1-c1ccccc1.Cc1ccc(-c2cc[c-]c(-c3ccccn3)c2)cc1.Cc1cccnc1-c1[c-]cc(-c2ccccc2)cc1.Cc1cccnc1-c1[c-]ccc(-c2ccccc2)c1.Cc1ccnc(-c2[c-]ccc(-c3ccccc3)c2)c1.[Ir].[Ir].[Ir].[Ir].[Ir].